The highest BCUT2D eigenvalue weighted by Crippen LogP contribution is 2.05. The van der Waals surface area contributed by atoms with Gasteiger partial charge in [0.1, 0.15) is 5.60 Å². The van der Waals surface area contributed by atoms with E-state index >= 15 is 0 Å². The van der Waals surface area contributed by atoms with Crippen LogP contribution in [0.3, 0.4) is 0 Å². The average molecular weight is 199 g/mol. The highest BCUT2D eigenvalue weighted by atomic mass is 16.5. The number of ether oxygens (including phenoxy) is 1. The van der Waals surface area contributed by atoms with Crippen LogP contribution >= 0.6 is 0 Å². The van der Waals surface area contributed by atoms with Crippen molar-refractivity contribution in [3.63, 3.8) is 0 Å². The van der Waals surface area contributed by atoms with Crippen LogP contribution in [0.1, 0.15) is 34.6 Å². The third-order valence-electron chi connectivity index (χ3n) is 1.47. The standard InChI is InChI=1S/C11H21NO2/c1-6-7-11(5,13)8-12-9-14-10(2,3)4/h12-13H,8-9H2,1-5H3. The van der Waals surface area contributed by atoms with Crippen LogP contribution in [0.25, 0.3) is 0 Å². The minimum atomic E-state index is -0.976. The summed E-state index contributed by atoms with van der Waals surface area (Å²) in [5, 5.41) is 12.6. The smallest absolute Gasteiger partial charge is 0.135 e. The zero-order chi connectivity index (χ0) is 11.2. The Morgan fingerprint density at radius 1 is 1.29 bits per heavy atom. The Morgan fingerprint density at radius 2 is 1.86 bits per heavy atom. The predicted molar refractivity (Wildman–Crippen MR) is 57.8 cm³/mol. The van der Waals surface area contributed by atoms with Crippen LogP contribution in [0.2, 0.25) is 0 Å². The Hall–Kier alpha value is -0.560. The lowest BCUT2D eigenvalue weighted by Gasteiger charge is -2.22. The molecule has 0 aliphatic carbocycles. The maximum absolute atomic E-state index is 9.65. The number of aliphatic hydroxyl groups is 1. The van der Waals surface area contributed by atoms with E-state index < -0.39 is 5.60 Å². The third kappa shape index (κ3) is 8.06. The molecule has 0 aliphatic rings. The van der Waals surface area contributed by atoms with E-state index in [-0.39, 0.29) is 5.60 Å². The number of hydrogen-bond acceptors (Lipinski definition) is 3. The van der Waals surface area contributed by atoms with E-state index in [2.05, 4.69) is 17.2 Å². The number of nitrogens with one attached hydrogen (secondary N) is 1. The first-order chi connectivity index (χ1) is 6.27. The molecular weight excluding hydrogens is 178 g/mol. The topological polar surface area (TPSA) is 41.5 Å². The van der Waals surface area contributed by atoms with Gasteiger partial charge >= 0.3 is 0 Å². The summed E-state index contributed by atoms with van der Waals surface area (Å²) in [6.45, 7) is 10.2. The van der Waals surface area contributed by atoms with Gasteiger partial charge in [-0.1, -0.05) is 5.92 Å². The Bertz CT molecular complexity index is 218. The van der Waals surface area contributed by atoms with Gasteiger partial charge in [-0.05, 0) is 34.6 Å². The van der Waals surface area contributed by atoms with Crippen molar-refractivity contribution >= 4 is 0 Å². The van der Waals surface area contributed by atoms with Crippen LogP contribution in [0.15, 0.2) is 0 Å². The van der Waals surface area contributed by atoms with Crippen LogP contribution in [-0.4, -0.2) is 29.6 Å². The fourth-order valence-corrected chi connectivity index (χ4v) is 0.875. The second kappa shape index (κ2) is 5.35. The lowest BCUT2D eigenvalue weighted by molar-refractivity contribution is -0.0196. The molecule has 0 saturated carbocycles. The number of rotatable bonds is 4. The molecule has 0 radical (unpaired) electrons. The first kappa shape index (κ1) is 13.4. The van der Waals surface area contributed by atoms with Gasteiger partial charge in [0.2, 0.25) is 0 Å². The zero-order valence-corrected chi connectivity index (χ0v) is 9.77. The molecule has 0 aromatic rings. The van der Waals surface area contributed by atoms with E-state index in [1.807, 2.05) is 20.8 Å². The van der Waals surface area contributed by atoms with Gasteiger partial charge in [-0.15, -0.1) is 5.92 Å². The van der Waals surface area contributed by atoms with Gasteiger partial charge in [0, 0.05) is 6.54 Å². The van der Waals surface area contributed by atoms with Gasteiger partial charge in [0.15, 0.2) is 0 Å². The van der Waals surface area contributed by atoms with Crippen molar-refractivity contribution in [3.05, 3.63) is 0 Å². The lowest BCUT2D eigenvalue weighted by atomic mass is 10.1. The molecule has 3 nitrogen and oxygen atoms in total. The molecule has 0 aliphatic heterocycles. The largest absolute Gasteiger partial charge is 0.377 e. The molecule has 1 unspecified atom stereocenters. The fourth-order valence-electron chi connectivity index (χ4n) is 0.875. The Balaban J connectivity index is 3.68. The molecule has 1 atom stereocenters. The summed E-state index contributed by atoms with van der Waals surface area (Å²) in [5.74, 6) is 5.39. The molecule has 0 fully saturated rings. The molecule has 0 saturated heterocycles. The van der Waals surface area contributed by atoms with Gasteiger partial charge < -0.3 is 9.84 Å². The van der Waals surface area contributed by atoms with E-state index in [0.717, 1.165) is 0 Å². The molecular formula is C11H21NO2. The fraction of sp³-hybridized carbons (Fsp3) is 0.818. The Labute approximate surface area is 86.8 Å². The molecule has 0 aromatic heterocycles. The van der Waals surface area contributed by atoms with Crippen molar-refractivity contribution in [2.45, 2.75) is 45.8 Å². The maximum Gasteiger partial charge on any atom is 0.135 e. The molecule has 0 heterocycles. The Kier molecular flexibility index (Phi) is 5.14. The molecule has 14 heavy (non-hydrogen) atoms. The molecule has 0 amide bonds. The van der Waals surface area contributed by atoms with Gasteiger partial charge in [0.05, 0.1) is 12.3 Å². The third-order valence-corrected chi connectivity index (χ3v) is 1.47. The van der Waals surface area contributed by atoms with Crippen LogP contribution in [0.4, 0.5) is 0 Å². The van der Waals surface area contributed by atoms with Crippen molar-refractivity contribution in [1.29, 1.82) is 0 Å². The maximum atomic E-state index is 9.65. The van der Waals surface area contributed by atoms with Crippen molar-refractivity contribution in [2.24, 2.45) is 0 Å². The molecule has 82 valence electrons. The van der Waals surface area contributed by atoms with Crippen molar-refractivity contribution in [3.8, 4) is 11.8 Å². The molecule has 0 spiro atoms. The minimum Gasteiger partial charge on any atom is -0.377 e. The Morgan fingerprint density at radius 3 is 2.29 bits per heavy atom. The van der Waals surface area contributed by atoms with Crippen LogP contribution in [0.5, 0.6) is 0 Å². The summed E-state index contributed by atoms with van der Waals surface area (Å²) in [4.78, 5) is 0. The molecule has 0 bridgehead atoms. The zero-order valence-electron chi connectivity index (χ0n) is 9.77. The van der Waals surface area contributed by atoms with Crippen molar-refractivity contribution in [1.82, 2.24) is 5.32 Å². The van der Waals surface area contributed by atoms with E-state index in [1.165, 1.54) is 0 Å². The summed E-state index contributed by atoms with van der Waals surface area (Å²) in [6.07, 6.45) is 0. The van der Waals surface area contributed by atoms with Crippen LogP contribution in [-0.2, 0) is 4.74 Å². The van der Waals surface area contributed by atoms with Gasteiger partial charge in [-0.2, -0.15) is 0 Å². The van der Waals surface area contributed by atoms with Gasteiger partial charge in [0.25, 0.3) is 0 Å². The normalized spacial score (nSPS) is 15.6. The summed E-state index contributed by atoms with van der Waals surface area (Å²) in [5.41, 5.74) is -1.13. The molecule has 2 N–H and O–H groups in total. The second-order valence-corrected chi connectivity index (χ2v) is 4.48. The predicted octanol–water partition coefficient (Wildman–Crippen LogP) is 1.12. The highest BCUT2D eigenvalue weighted by Gasteiger charge is 2.16. The van der Waals surface area contributed by atoms with E-state index in [0.29, 0.717) is 13.3 Å². The highest BCUT2D eigenvalue weighted by molar-refractivity contribution is 5.10. The van der Waals surface area contributed by atoms with Crippen molar-refractivity contribution < 1.29 is 9.84 Å². The summed E-state index contributed by atoms with van der Waals surface area (Å²) in [6, 6.07) is 0. The minimum absolute atomic E-state index is 0.157. The van der Waals surface area contributed by atoms with E-state index in [4.69, 9.17) is 4.74 Å². The summed E-state index contributed by atoms with van der Waals surface area (Å²) < 4.78 is 5.43. The van der Waals surface area contributed by atoms with Gasteiger partial charge in [-0.25, -0.2) is 0 Å². The average Bonchev–Trinajstić information content (AvgIpc) is 1.96. The first-order valence-corrected chi connectivity index (χ1v) is 4.78. The van der Waals surface area contributed by atoms with Crippen molar-refractivity contribution in [2.75, 3.05) is 13.3 Å². The van der Waals surface area contributed by atoms with Gasteiger partial charge in [-0.3, -0.25) is 5.32 Å². The second-order valence-electron chi connectivity index (χ2n) is 4.48. The first-order valence-electron chi connectivity index (χ1n) is 4.78. The van der Waals surface area contributed by atoms with Crippen LogP contribution < -0.4 is 5.32 Å². The molecule has 3 heteroatoms. The van der Waals surface area contributed by atoms with Crippen LogP contribution in [0, 0.1) is 11.8 Å². The number of hydrogen-bond donors (Lipinski definition) is 2. The summed E-state index contributed by atoms with van der Waals surface area (Å²) >= 11 is 0. The SMILES string of the molecule is CC#CC(C)(O)CNCOC(C)(C)C. The molecule has 0 aromatic carbocycles. The van der Waals surface area contributed by atoms with E-state index in [9.17, 15) is 5.11 Å². The van der Waals surface area contributed by atoms with E-state index in [1.54, 1.807) is 13.8 Å². The quantitative estimate of drug-likeness (QED) is 0.405. The lowest BCUT2D eigenvalue weighted by Crippen LogP contribution is -2.39. The molecule has 0 rings (SSSR count). The monoisotopic (exact) mass is 199 g/mol. The summed E-state index contributed by atoms with van der Waals surface area (Å²) in [7, 11) is 0.